The van der Waals surface area contributed by atoms with Crippen molar-refractivity contribution < 1.29 is 23.5 Å². The fraction of sp³-hybridized carbons (Fsp3) is 0.481. The van der Waals surface area contributed by atoms with E-state index in [1.807, 2.05) is 29.2 Å². The number of likely N-dealkylation sites (tertiary alicyclic amines) is 1. The van der Waals surface area contributed by atoms with Gasteiger partial charge in [-0.2, -0.15) is 0 Å². The Kier molecular flexibility index (Phi) is 6.06. The van der Waals surface area contributed by atoms with Crippen LogP contribution in [0.1, 0.15) is 49.1 Å². The van der Waals surface area contributed by atoms with E-state index in [0.717, 1.165) is 29.7 Å². The number of methoxy groups -OCH3 is 1. The van der Waals surface area contributed by atoms with Crippen molar-refractivity contribution in [3.63, 3.8) is 0 Å². The van der Waals surface area contributed by atoms with Crippen LogP contribution in [0.2, 0.25) is 0 Å². The van der Waals surface area contributed by atoms with Gasteiger partial charge < -0.3 is 19.7 Å². The van der Waals surface area contributed by atoms with Gasteiger partial charge in [-0.3, -0.25) is 9.59 Å². The van der Waals surface area contributed by atoms with Crippen molar-refractivity contribution in [1.29, 1.82) is 0 Å². The Morgan fingerprint density at radius 2 is 1.79 bits per heavy atom. The first-order chi connectivity index (χ1) is 16.5. The van der Waals surface area contributed by atoms with Crippen LogP contribution in [-0.2, 0) is 19.7 Å². The maximum atomic E-state index is 14.3. The zero-order valence-corrected chi connectivity index (χ0v) is 19.5. The molecule has 1 spiro atoms. The second-order valence-corrected chi connectivity index (χ2v) is 9.77. The van der Waals surface area contributed by atoms with Crippen molar-refractivity contribution in [3.05, 3.63) is 65.5 Å². The number of benzene rings is 2. The molecule has 3 saturated heterocycles. The number of ether oxygens (including phenoxy) is 2. The standard InChI is InChI=1S/C27H31FN2O4/c1-33-22-10-6-20(7-11-22)26(13-15-34-16-14-26)25(32)30-17-23(19-4-8-21(28)9-5-19)27(18-30)12-2-3-24(31)29-27/h4-11,23H,2-3,12-18H2,1H3,(H,29,31)/t23-,27+/m0/s1. The molecule has 0 radical (unpaired) electrons. The lowest BCUT2D eigenvalue weighted by molar-refractivity contribution is -0.141. The topological polar surface area (TPSA) is 67.9 Å². The van der Waals surface area contributed by atoms with Crippen LogP contribution in [0.3, 0.4) is 0 Å². The third-order valence-electron chi connectivity index (χ3n) is 7.92. The van der Waals surface area contributed by atoms with E-state index >= 15 is 0 Å². The van der Waals surface area contributed by atoms with E-state index in [4.69, 9.17) is 9.47 Å². The second kappa shape index (κ2) is 9.02. The minimum Gasteiger partial charge on any atom is -0.497 e. The Bertz CT molecular complexity index is 1050. The second-order valence-electron chi connectivity index (χ2n) is 9.77. The van der Waals surface area contributed by atoms with Crippen LogP contribution >= 0.6 is 0 Å². The molecule has 2 aromatic carbocycles. The monoisotopic (exact) mass is 466 g/mol. The third-order valence-corrected chi connectivity index (χ3v) is 7.92. The number of nitrogens with one attached hydrogen (secondary N) is 1. The first-order valence-electron chi connectivity index (χ1n) is 12.0. The summed E-state index contributed by atoms with van der Waals surface area (Å²) in [6.07, 6.45) is 3.29. The average molecular weight is 467 g/mol. The van der Waals surface area contributed by atoms with Gasteiger partial charge in [0.25, 0.3) is 0 Å². The molecule has 2 atom stereocenters. The molecule has 2 aromatic rings. The van der Waals surface area contributed by atoms with Crippen molar-refractivity contribution in [3.8, 4) is 5.75 Å². The number of halogens is 1. The summed E-state index contributed by atoms with van der Waals surface area (Å²) in [5.74, 6) is 0.458. The minimum absolute atomic E-state index is 0.0172. The van der Waals surface area contributed by atoms with Crippen LogP contribution in [0.5, 0.6) is 5.75 Å². The normalized spacial score (nSPS) is 26.4. The SMILES string of the molecule is COc1ccc(C2(C(=O)N3C[C@@H](c4ccc(F)cc4)[C@@]4(CCCC(=O)N4)C3)CCOCC2)cc1. The molecule has 3 fully saturated rings. The molecular weight excluding hydrogens is 435 g/mol. The Morgan fingerprint density at radius 3 is 2.44 bits per heavy atom. The predicted octanol–water partition coefficient (Wildman–Crippen LogP) is 3.55. The first kappa shape index (κ1) is 22.8. The van der Waals surface area contributed by atoms with E-state index in [-0.39, 0.29) is 23.5 Å². The van der Waals surface area contributed by atoms with Gasteiger partial charge in [-0.15, -0.1) is 0 Å². The first-order valence-corrected chi connectivity index (χ1v) is 12.0. The summed E-state index contributed by atoms with van der Waals surface area (Å²) in [5.41, 5.74) is 0.704. The van der Waals surface area contributed by atoms with Crippen molar-refractivity contribution in [1.82, 2.24) is 10.2 Å². The molecule has 34 heavy (non-hydrogen) atoms. The van der Waals surface area contributed by atoms with Crippen molar-refractivity contribution >= 4 is 11.8 Å². The highest BCUT2D eigenvalue weighted by Crippen LogP contribution is 2.45. The zero-order valence-electron chi connectivity index (χ0n) is 19.5. The Balaban J connectivity index is 1.50. The van der Waals surface area contributed by atoms with Gasteiger partial charge >= 0.3 is 0 Å². The molecule has 3 aliphatic heterocycles. The molecule has 1 N–H and O–H groups in total. The fourth-order valence-corrected chi connectivity index (χ4v) is 6.09. The number of piperidine rings is 1. The molecule has 6 nitrogen and oxygen atoms in total. The van der Waals surface area contributed by atoms with Crippen molar-refractivity contribution in [2.24, 2.45) is 0 Å². The molecule has 0 unspecified atom stereocenters. The van der Waals surface area contributed by atoms with Crippen LogP contribution < -0.4 is 10.1 Å². The molecule has 7 heteroatoms. The van der Waals surface area contributed by atoms with Gasteiger partial charge in [0.15, 0.2) is 0 Å². The van der Waals surface area contributed by atoms with E-state index in [1.165, 1.54) is 12.1 Å². The van der Waals surface area contributed by atoms with E-state index in [9.17, 15) is 14.0 Å². The largest absolute Gasteiger partial charge is 0.497 e. The quantitative estimate of drug-likeness (QED) is 0.749. The molecule has 5 rings (SSSR count). The molecule has 3 heterocycles. The van der Waals surface area contributed by atoms with Crippen LogP contribution in [0, 0.1) is 5.82 Å². The van der Waals surface area contributed by atoms with Crippen LogP contribution in [0.4, 0.5) is 4.39 Å². The summed E-state index contributed by atoms with van der Waals surface area (Å²) < 4.78 is 24.6. The van der Waals surface area contributed by atoms with E-state index in [1.54, 1.807) is 19.2 Å². The number of hydrogen-bond donors (Lipinski definition) is 1. The molecule has 2 amide bonds. The van der Waals surface area contributed by atoms with Gasteiger partial charge in [-0.1, -0.05) is 24.3 Å². The highest BCUT2D eigenvalue weighted by atomic mass is 19.1. The number of rotatable bonds is 4. The number of amides is 2. The highest BCUT2D eigenvalue weighted by Gasteiger charge is 2.54. The van der Waals surface area contributed by atoms with E-state index in [0.29, 0.717) is 45.6 Å². The Hall–Kier alpha value is -2.93. The van der Waals surface area contributed by atoms with Gasteiger partial charge in [0.2, 0.25) is 11.8 Å². The Morgan fingerprint density at radius 1 is 1.09 bits per heavy atom. The van der Waals surface area contributed by atoms with E-state index < -0.39 is 11.0 Å². The Labute approximate surface area is 199 Å². The minimum atomic E-state index is -0.678. The number of carbonyl (C=O) groups is 2. The van der Waals surface area contributed by atoms with Crippen LogP contribution in [0.25, 0.3) is 0 Å². The number of hydrogen-bond acceptors (Lipinski definition) is 4. The number of carbonyl (C=O) groups excluding carboxylic acids is 2. The summed E-state index contributed by atoms with van der Waals surface area (Å²) in [6, 6.07) is 14.2. The smallest absolute Gasteiger partial charge is 0.233 e. The van der Waals surface area contributed by atoms with Crippen LogP contribution in [-0.4, -0.2) is 55.7 Å². The average Bonchev–Trinajstić information content (AvgIpc) is 3.22. The molecular formula is C27H31FN2O4. The van der Waals surface area contributed by atoms with Crippen molar-refractivity contribution in [2.75, 3.05) is 33.4 Å². The molecule has 0 aliphatic carbocycles. The van der Waals surface area contributed by atoms with Gasteiger partial charge in [-0.25, -0.2) is 4.39 Å². The fourth-order valence-electron chi connectivity index (χ4n) is 6.09. The molecule has 0 aromatic heterocycles. The maximum Gasteiger partial charge on any atom is 0.233 e. The van der Waals surface area contributed by atoms with E-state index in [2.05, 4.69) is 5.32 Å². The third kappa shape index (κ3) is 3.96. The van der Waals surface area contributed by atoms with Gasteiger partial charge in [0.05, 0.1) is 18.1 Å². The summed E-state index contributed by atoms with van der Waals surface area (Å²) >= 11 is 0. The summed E-state index contributed by atoms with van der Waals surface area (Å²) in [6.45, 7) is 1.99. The van der Waals surface area contributed by atoms with Gasteiger partial charge in [0, 0.05) is 38.6 Å². The van der Waals surface area contributed by atoms with Crippen molar-refractivity contribution in [2.45, 2.75) is 49.0 Å². The molecule has 180 valence electrons. The molecule has 3 aliphatic rings. The summed E-state index contributed by atoms with van der Waals surface area (Å²) in [4.78, 5) is 28.7. The number of nitrogens with zero attached hydrogens (tertiary/aromatic N) is 1. The lowest BCUT2D eigenvalue weighted by atomic mass is 9.73. The maximum absolute atomic E-state index is 14.3. The zero-order chi connectivity index (χ0) is 23.8. The lowest BCUT2D eigenvalue weighted by Crippen LogP contribution is -2.57. The lowest BCUT2D eigenvalue weighted by Gasteiger charge is -2.41. The van der Waals surface area contributed by atoms with Gasteiger partial charge in [-0.05, 0) is 61.1 Å². The van der Waals surface area contributed by atoms with Gasteiger partial charge in [0.1, 0.15) is 11.6 Å². The summed E-state index contributed by atoms with van der Waals surface area (Å²) in [5, 5.41) is 3.24. The molecule has 0 bridgehead atoms. The highest BCUT2D eigenvalue weighted by molar-refractivity contribution is 5.89. The summed E-state index contributed by atoms with van der Waals surface area (Å²) in [7, 11) is 1.63. The molecule has 0 saturated carbocycles. The predicted molar refractivity (Wildman–Crippen MR) is 125 cm³/mol. The van der Waals surface area contributed by atoms with Crippen LogP contribution in [0.15, 0.2) is 48.5 Å².